The van der Waals surface area contributed by atoms with Crippen LogP contribution in [0.4, 0.5) is 0 Å². The highest BCUT2D eigenvalue weighted by atomic mass is 16.3. The van der Waals surface area contributed by atoms with E-state index in [9.17, 15) is 5.11 Å². The van der Waals surface area contributed by atoms with E-state index in [1.165, 1.54) is 12.8 Å². The van der Waals surface area contributed by atoms with Gasteiger partial charge in [0.2, 0.25) is 0 Å². The van der Waals surface area contributed by atoms with Crippen molar-refractivity contribution in [3.8, 4) is 0 Å². The lowest BCUT2D eigenvalue weighted by molar-refractivity contribution is 0.153. The highest BCUT2D eigenvalue weighted by Crippen LogP contribution is 2.28. The molecule has 0 spiro atoms. The van der Waals surface area contributed by atoms with Gasteiger partial charge in [0.05, 0.1) is 6.61 Å². The summed E-state index contributed by atoms with van der Waals surface area (Å²) in [5, 5.41) is 16.2. The lowest BCUT2D eigenvalue weighted by Crippen LogP contribution is -2.45. The number of nitrogens with one attached hydrogen (secondary N) is 2. The van der Waals surface area contributed by atoms with Crippen LogP contribution in [0.5, 0.6) is 0 Å². The minimum absolute atomic E-state index is 0.0662. The van der Waals surface area contributed by atoms with Crippen molar-refractivity contribution in [2.45, 2.75) is 31.2 Å². The van der Waals surface area contributed by atoms with Crippen molar-refractivity contribution in [3.63, 3.8) is 0 Å². The summed E-state index contributed by atoms with van der Waals surface area (Å²) >= 11 is 0. The summed E-state index contributed by atoms with van der Waals surface area (Å²) in [7, 11) is 0. The van der Waals surface area contributed by atoms with E-state index >= 15 is 0 Å². The second-order valence-electron chi connectivity index (χ2n) is 4.53. The molecule has 0 saturated carbocycles. The fourth-order valence-corrected chi connectivity index (χ4v) is 2.68. The van der Waals surface area contributed by atoms with Gasteiger partial charge in [-0.2, -0.15) is 0 Å². The van der Waals surface area contributed by atoms with Crippen LogP contribution in [0.15, 0.2) is 0 Å². The zero-order chi connectivity index (χ0) is 9.15. The first kappa shape index (κ1) is 9.44. The maximum absolute atomic E-state index is 9.39. The normalized spacial score (nSPS) is 39.9. The molecule has 0 amide bonds. The molecule has 76 valence electrons. The Hall–Kier alpha value is -0.120. The molecule has 0 radical (unpaired) electrons. The Balaban J connectivity index is 1.88. The quantitative estimate of drug-likeness (QED) is 0.583. The Kier molecular flexibility index (Phi) is 2.86. The summed E-state index contributed by atoms with van der Waals surface area (Å²) in [6, 6.07) is 0. The van der Waals surface area contributed by atoms with Crippen LogP contribution < -0.4 is 10.6 Å². The zero-order valence-corrected chi connectivity index (χ0v) is 8.18. The van der Waals surface area contributed by atoms with Crippen molar-refractivity contribution in [3.05, 3.63) is 0 Å². The van der Waals surface area contributed by atoms with Crippen LogP contribution in [0.2, 0.25) is 0 Å². The molecule has 3 N–H and O–H groups in total. The molecule has 0 aliphatic carbocycles. The lowest BCUT2D eigenvalue weighted by atomic mass is 9.86. The summed E-state index contributed by atoms with van der Waals surface area (Å²) in [5.41, 5.74) is 0.0662. The van der Waals surface area contributed by atoms with Crippen LogP contribution in [-0.2, 0) is 0 Å². The first-order chi connectivity index (χ1) is 6.35. The van der Waals surface area contributed by atoms with Crippen LogP contribution in [0.1, 0.15) is 25.7 Å². The van der Waals surface area contributed by atoms with Crippen LogP contribution in [0.25, 0.3) is 0 Å². The van der Waals surface area contributed by atoms with Gasteiger partial charge in [0.25, 0.3) is 0 Å². The zero-order valence-electron chi connectivity index (χ0n) is 8.18. The van der Waals surface area contributed by atoms with E-state index in [-0.39, 0.29) is 5.54 Å². The van der Waals surface area contributed by atoms with Gasteiger partial charge in [-0.1, -0.05) is 0 Å². The average molecular weight is 184 g/mol. The van der Waals surface area contributed by atoms with Gasteiger partial charge in [-0.25, -0.2) is 0 Å². The van der Waals surface area contributed by atoms with Gasteiger partial charge in [-0.3, -0.25) is 0 Å². The van der Waals surface area contributed by atoms with E-state index in [0.717, 1.165) is 38.4 Å². The van der Waals surface area contributed by atoms with Crippen molar-refractivity contribution in [2.24, 2.45) is 5.92 Å². The number of aliphatic hydroxyl groups is 1. The van der Waals surface area contributed by atoms with Gasteiger partial charge in [0.1, 0.15) is 0 Å². The molecule has 3 nitrogen and oxygen atoms in total. The van der Waals surface area contributed by atoms with Crippen molar-refractivity contribution in [1.29, 1.82) is 0 Å². The molecule has 2 unspecified atom stereocenters. The van der Waals surface area contributed by atoms with Crippen molar-refractivity contribution < 1.29 is 5.11 Å². The average Bonchev–Trinajstić information content (AvgIpc) is 2.77. The largest absolute Gasteiger partial charge is 0.394 e. The molecule has 2 rings (SSSR count). The van der Waals surface area contributed by atoms with E-state index in [0.29, 0.717) is 6.61 Å². The highest BCUT2D eigenvalue weighted by Gasteiger charge is 2.35. The molecule has 0 bridgehead atoms. The summed E-state index contributed by atoms with van der Waals surface area (Å²) in [6.07, 6.45) is 4.81. The van der Waals surface area contributed by atoms with Gasteiger partial charge in [0.15, 0.2) is 0 Å². The highest BCUT2D eigenvalue weighted by molar-refractivity contribution is 4.95. The minimum atomic E-state index is 0.0662. The van der Waals surface area contributed by atoms with E-state index in [2.05, 4.69) is 10.6 Å². The van der Waals surface area contributed by atoms with Crippen LogP contribution in [0.3, 0.4) is 0 Å². The van der Waals surface area contributed by atoms with Crippen molar-refractivity contribution in [2.75, 3.05) is 26.2 Å². The summed E-state index contributed by atoms with van der Waals surface area (Å²) in [4.78, 5) is 0. The van der Waals surface area contributed by atoms with Gasteiger partial charge < -0.3 is 15.7 Å². The molecule has 0 aromatic rings. The van der Waals surface area contributed by atoms with Gasteiger partial charge in [-0.05, 0) is 51.2 Å². The first-order valence-electron chi connectivity index (χ1n) is 5.41. The van der Waals surface area contributed by atoms with Gasteiger partial charge in [-0.15, -0.1) is 0 Å². The molecule has 2 saturated heterocycles. The first-order valence-corrected chi connectivity index (χ1v) is 5.41. The molecule has 2 atom stereocenters. The molecule has 3 heteroatoms. The molecular formula is C10H20N2O. The Morgan fingerprint density at radius 2 is 2.31 bits per heavy atom. The molecule has 2 aliphatic heterocycles. The standard InChI is InChI=1S/C10H20N2O/c13-8-10(3-1-4-12-10)6-9-2-5-11-7-9/h9,11-13H,1-8H2. The predicted octanol–water partition coefficient (Wildman–Crippen LogP) is 0.100. The Bertz CT molecular complexity index is 160. The third-order valence-corrected chi connectivity index (χ3v) is 3.48. The van der Waals surface area contributed by atoms with Crippen molar-refractivity contribution >= 4 is 0 Å². The van der Waals surface area contributed by atoms with E-state index in [1.807, 2.05) is 0 Å². The van der Waals surface area contributed by atoms with Crippen LogP contribution in [0, 0.1) is 5.92 Å². The summed E-state index contributed by atoms with van der Waals surface area (Å²) in [6.45, 7) is 3.69. The minimum Gasteiger partial charge on any atom is -0.394 e. The Labute approximate surface area is 79.9 Å². The molecule has 13 heavy (non-hydrogen) atoms. The van der Waals surface area contributed by atoms with E-state index in [4.69, 9.17) is 0 Å². The van der Waals surface area contributed by atoms with E-state index in [1.54, 1.807) is 0 Å². The summed E-state index contributed by atoms with van der Waals surface area (Å²) < 4.78 is 0. The van der Waals surface area contributed by atoms with Crippen LogP contribution >= 0.6 is 0 Å². The maximum atomic E-state index is 9.39. The number of rotatable bonds is 3. The van der Waals surface area contributed by atoms with Gasteiger partial charge >= 0.3 is 0 Å². The number of aliphatic hydroxyl groups excluding tert-OH is 1. The Morgan fingerprint density at radius 3 is 2.85 bits per heavy atom. The molecule has 0 aromatic heterocycles. The molecule has 2 heterocycles. The van der Waals surface area contributed by atoms with E-state index < -0.39 is 0 Å². The van der Waals surface area contributed by atoms with Crippen molar-refractivity contribution in [1.82, 2.24) is 10.6 Å². The third-order valence-electron chi connectivity index (χ3n) is 3.48. The van der Waals surface area contributed by atoms with Crippen LogP contribution in [-0.4, -0.2) is 36.9 Å². The predicted molar refractivity (Wildman–Crippen MR) is 52.6 cm³/mol. The SMILES string of the molecule is OCC1(CC2CCNC2)CCCN1. The number of hydrogen-bond acceptors (Lipinski definition) is 3. The second-order valence-corrected chi connectivity index (χ2v) is 4.53. The second kappa shape index (κ2) is 3.95. The third kappa shape index (κ3) is 2.03. The topological polar surface area (TPSA) is 44.3 Å². The monoisotopic (exact) mass is 184 g/mol. The summed E-state index contributed by atoms with van der Waals surface area (Å²) in [5.74, 6) is 0.776. The fraction of sp³-hybridized carbons (Fsp3) is 1.00. The lowest BCUT2D eigenvalue weighted by Gasteiger charge is -2.29. The molecule has 0 aromatic carbocycles. The maximum Gasteiger partial charge on any atom is 0.0613 e. The molecular weight excluding hydrogens is 164 g/mol. The van der Waals surface area contributed by atoms with Gasteiger partial charge in [0, 0.05) is 5.54 Å². The smallest absolute Gasteiger partial charge is 0.0613 e. The fourth-order valence-electron chi connectivity index (χ4n) is 2.68. The number of hydrogen-bond donors (Lipinski definition) is 3. The molecule has 2 aliphatic rings. The molecule has 2 fully saturated rings. The Morgan fingerprint density at radius 1 is 1.38 bits per heavy atom.